The number of likely N-dealkylation sites (tertiary alicyclic amines) is 1. The molecule has 1 saturated heterocycles. The van der Waals surface area contributed by atoms with E-state index in [1.54, 1.807) is 7.11 Å². The largest absolute Gasteiger partial charge is 0.395 e. The van der Waals surface area contributed by atoms with Crippen molar-refractivity contribution in [3.63, 3.8) is 0 Å². The highest BCUT2D eigenvalue weighted by Crippen LogP contribution is 2.10. The van der Waals surface area contributed by atoms with Crippen LogP contribution in [-0.4, -0.2) is 62.0 Å². The minimum absolute atomic E-state index is 0.223. The van der Waals surface area contributed by atoms with Gasteiger partial charge in [0.1, 0.15) is 0 Å². The van der Waals surface area contributed by atoms with Gasteiger partial charge in [-0.3, -0.25) is 0 Å². The highest BCUT2D eigenvalue weighted by Gasteiger charge is 2.19. The molecule has 1 rings (SSSR count). The number of nitrogens with zero attached hydrogens (tertiary/aromatic N) is 1. The van der Waals surface area contributed by atoms with Crippen LogP contribution in [0, 0.1) is 0 Å². The molecular formula is C11H24N2O2. The van der Waals surface area contributed by atoms with Gasteiger partial charge in [0, 0.05) is 25.7 Å². The summed E-state index contributed by atoms with van der Waals surface area (Å²) in [6.45, 7) is 6.39. The lowest BCUT2D eigenvalue weighted by atomic mass is 10.0. The maximum absolute atomic E-state index is 8.94. The van der Waals surface area contributed by atoms with Crippen LogP contribution in [0.25, 0.3) is 0 Å². The monoisotopic (exact) mass is 216 g/mol. The summed E-state index contributed by atoms with van der Waals surface area (Å²) in [6, 6.07) is 0.798. The first-order valence-electron chi connectivity index (χ1n) is 5.84. The normalized spacial score (nSPS) is 21.8. The van der Waals surface area contributed by atoms with Crippen LogP contribution >= 0.6 is 0 Å². The summed E-state index contributed by atoms with van der Waals surface area (Å²) in [6.07, 6.45) is 2.35. The molecule has 4 heteroatoms. The molecule has 1 aliphatic heterocycles. The molecular weight excluding hydrogens is 192 g/mol. The van der Waals surface area contributed by atoms with E-state index in [0.29, 0.717) is 6.04 Å². The molecule has 4 nitrogen and oxygen atoms in total. The van der Waals surface area contributed by atoms with E-state index in [9.17, 15) is 0 Å². The van der Waals surface area contributed by atoms with E-state index in [4.69, 9.17) is 9.84 Å². The van der Waals surface area contributed by atoms with Gasteiger partial charge in [0.15, 0.2) is 0 Å². The number of piperidine rings is 1. The van der Waals surface area contributed by atoms with Gasteiger partial charge < -0.3 is 20.1 Å². The Kier molecular flexibility index (Phi) is 6.17. The van der Waals surface area contributed by atoms with Gasteiger partial charge in [-0.2, -0.15) is 0 Å². The molecule has 0 aromatic rings. The van der Waals surface area contributed by atoms with Gasteiger partial charge in [0.2, 0.25) is 0 Å². The van der Waals surface area contributed by atoms with Crippen molar-refractivity contribution in [3.05, 3.63) is 0 Å². The van der Waals surface area contributed by atoms with E-state index in [1.165, 1.54) is 12.8 Å². The SMILES string of the molecule is COCCN1CCC(N[C@@H](C)CO)CC1. The Hall–Kier alpha value is -0.160. The molecule has 1 heterocycles. The quantitative estimate of drug-likeness (QED) is 0.659. The lowest BCUT2D eigenvalue weighted by molar-refractivity contribution is 0.121. The molecule has 0 unspecified atom stereocenters. The van der Waals surface area contributed by atoms with E-state index in [-0.39, 0.29) is 12.6 Å². The fourth-order valence-electron chi connectivity index (χ4n) is 2.00. The van der Waals surface area contributed by atoms with Gasteiger partial charge in [-0.15, -0.1) is 0 Å². The molecule has 0 radical (unpaired) electrons. The highest BCUT2D eigenvalue weighted by molar-refractivity contribution is 4.78. The predicted octanol–water partition coefficient (Wildman–Crippen LogP) is 0.0676. The van der Waals surface area contributed by atoms with Crippen molar-refractivity contribution in [2.45, 2.75) is 31.8 Å². The molecule has 1 atom stereocenters. The molecule has 0 aromatic heterocycles. The summed E-state index contributed by atoms with van der Waals surface area (Å²) in [5.74, 6) is 0. The average Bonchev–Trinajstić information content (AvgIpc) is 2.28. The highest BCUT2D eigenvalue weighted by atomic mass is 16.5. The van der Waals surface area contributed by atoms with E-state index in [2.05, 4.69) is 10.2 Å². The van der Waals surface area contributed by atoms with Crippen LogP contribution < -0.4 is 5.32 Å². The van der Waals surface area contributed by atoms with Crippen molar-refractivity contribution in [2.75, 3.05) is 40.0 Å². The lowest BCUT2D eigenvalue weighted by Gasteiger charge is -2.33. The van der Waals surface area contributed by atoms with Crippen LogP contribution in [-0.2, 0) is 4.74 Å². The summed E-state index contributed by atoms with van der Waals surface area (Å²) in [5, 5.41) is 12.4. The molecule has 0 spiro atoms. The molecule has 1 fully saturated rings. The van der Waals surface area contributed by atoms with Crippen LogP contribution in [0.15, 0.2) is 0 Å². The number of hydrogen-bond donors (Lipinski definition) is 2. The Morgan fingerprint density at radius 3 is 2.67 bits per heavy atom. The first-order chi connectivity index (χ1) is 7.26. The third-order valence-electron chi connectivity index (χ3n) is 2.99. The topological polar surface area (TPSA) is 44.7 Å². The number of hydrogen-bond acceptors (Lipinski definition) is 4. The molecule has 15 heavy (non-hydrogen) atoms. The standard InChI is InChI=1S/C11H24N2O2/c1-10(9-14)12-11-3-5-13(6-4-11)7-8-15-2/h10-12,14H,3-9H2,1-2H3/t10-/m0/s1. The zero-order valence-corrected chi connectivity index (χ0v) is 9.91. The minimum atomic E-state index is 0.223. The van der Waals surface area contributed by atoms with Gasteiger partial charge in [-0.1, -0.05) is 0 Å². The second kappa shape index (κ2) is 7.17. The first-order valence-corrected chi connectivity index (χ1v) is 5.84. The molecule has 1 aliphatic rings. The molecule has 0 amide bonds. The number of ether oxygens (including phenoxy) is 1. The number of rotatable bonds is 6. The van der Waals surface area contributed by atoms with E-state index < -0.39 is 0 Å². The number of aliphatic hydroxyl groups is 1. The van der Waals surface area contributed by atoms with Crippen LogP contribution in [0.2, 0.25) is 0 Å². The number of methoxy groups -OCH3 is 1. The molecule has 0 aromatic carbocycles. The van der Waals surface area contributed by atoms with Gasteiger partial charge in [0.05, 0.1) is 13.2 Å². The third-order valence-corrected chi connectivity index (χ3v) is 2.99. The second-order valence-corrected chi connectivity index (χ2v) is 4.36. The average molecular weight is 216 g/mol. The van der Waals surface area contributed by atoms with E-state index in [0.717, 1.165) is 26.2 Å². The van der Waals surface area contributed by atoms with Crippen molar-refractivity contribution in [2.24, 2.45) is 0 Å². The summed E-state index contributed by atoms with van der Waals surface area (Å²) in [5.41, 5.74) is 0. The summed E-state index contributed by atoms with van der Waals surface area (Å²) in [4.78, 5) is 2.44. The maximum atomic E-state index is 8.94. The number of aliphatic hydroxyl groups excluding tert-OH is 1. The zero-order chi connectivity index (χ0) is 11.1. The van der Waals surface area contributed by atoms with Crippen molar-refractivity contribution in [3.8, 4) is 0 Å². The van der Waals surface area contributed by atoms with Crippen molar-refractivity contribution in [1.29, 1.82) is 0 Å². The van der Waals surface area contributed by atoms with Crippen LogP contribution in [0.5, 0.6) is 0 Å². The fraction of sp³-hybridized carbons (Fsp3) is 1.00. The van der Waals surface area contributed by atoms with Gasteiger partial charge in [-0.25, -0.2) is 0 Å². The maximum Gasteiger partial charge on any atom is 0.0589 e. The van der Waals surface area contributed by atoms with Crippen LogP contribution in [0.4, 0.5) is 0 Å². The van der Waals surface area contributed by atoms with Gasteiger partial charge in [-0.05, 0) is 32.9 Å². The molecule has 0 saturated carbocycles. The fourth-order valence-corrected chi connectivity index (χ4v) is 2.00. The molecule has 2 N–H and O–H groups in total. The Morgan fingerprint density at radius 1 is 1.47 bits per heavy atom. The Morgan fingerprint density at radius 2 is 2.13 bits per heavy atom. The van der Waals surface area contributed by atoms with Crippen LogP contribution in [0.1, 0.15) is 19.8 Å². The van der Waals surface area contributed by atoms with Crippen molar-refractivity contribution < 1.29 is 9.84 Å². The Bertz CT molecular complexity index is 159. The third kappa shape index (κ3) is 4.93. The number of nitrogens with one attached hydrogen (secondary N) is 1. The Balaban J connectivity index is 2.12. The zero-order valence-electron chi connectivity index (χ0n) is 9.91. The minimum Gasteiger partial charge on any atom is -0.395 e. The molecule has 90 valence electrons. The second-order valence-electron chi connectivity index (χ2n) is 4.36. The molecule has 0 aliphatic carbocycles. The first kappa shape index (κ1) is 12.9. The van der Waals surface area contributed by atoms with Crippen molar-refractivity contribution in [1.82, 2.24) is 10.2 Å². The Labute approximate surface area is 92.6 Å². The van der Waals surface area contributed by atoms with Crippen LogP contribution in [0.3, 0.4) is 0 Å². The van der Waals surface area contributed by atoms with Gasteiger partial charge >= 0.3 is 0 Å². The summed E-state index contributed by atoms with van der Waals surface area (Å²) < 4.78 is 5.06. The van der Waals surface area contributed by atoms with E-state index >= 15 is 0 Å². The van der Waals surface area contributed by atoms with E-state index in [1.807, 2.05) is 6.92 Å². The summed E-state index contributed by atoms with van der Waals surface area (Å²) in [7, 11) is 1.75. The smallest absolute Gasteiger partial charge is 0.0589 e. The lowest BCUT2D eigenvalue weighted by Crippen LogP contribution is -2.46. The predicted molar refractivity (Wildman–Crippen MR) is 61.0 cm³/mol. The van der Waals surface area contributed by atoms with Gasteiger partial charge in [0.25, 0.3) is 0 Å². The molecule has 0 bridgehead atoms. The van der Waals surface area contributed by atoms with Crippen molar-refractivity contribution >= 4 is 0 Å². The summed E-state index contributed by atoms with van der Waals surface area (Å²) >= 11 is 0.